The van der Waals surface area contributed by atoms with Crippen LogP contribution in [0.3, 0.4) is 0 Å². The molecule has 1 aromatic rings. The van der Waals surface area contributed by atoms with Gasteiger partial charge < -0.3 is 21.3 Å². The molecule has 2 saturated carbocycles. The average molecular weight is 562 g/mol. The first kappa shape index (κ1) is 26.7. The van der Waals surface area contributed by atoms with Crippen molar-refractivity contribution in [2.75, 3.05) is 13.1 Å². The summed E-state index contributed by atoms with van der Waals surface area (Å²) in [5, 5.41) is 18.8. The molecule has 0 aromatic carbocycles. The van der Waals surface area contributed by atoms with Gasteiger partial charge in [-0.3, -0.25) is 4.98 Å². The number of pyridine rings is 1. The van der Waals surface area contributed by atoms with Gasteiger partial charge in [-0.15, -0.1) is 12.1 Å². The molecule has 35 heavy (non-hydrogen) atoms. The molecule has 0 amide bonds. The number of hydrogen-bond acceptors (Lipinski definition) is 3. The first-order valence-corrected chi connectivity index (χ1v) is 17.3. The van der Waals surface area contributed by atoms with E-state index < -0.39 is 0 Å². The molecule has 5 nitrogen and oxygen atoms in total. The van der Waals surface area contributed by atoms with E-state index in [2.05, 4.69) is 16.7 Å². The Morgan fingerprint density at radius 3 is 1.63 bits per heavy atom. The van der Waals surface area contributed by atoms with Gasteiger partial charge in [-0.25, -0.2) is 0 Å². The first-order chi connectivity index (χ1) is 17.3. The predicted molar refractivity (Wildman–Crippen MR) is 142 cm³/mol. The van der Waals surface area contributed by atoms with Crippen LogP contribution >= 0.6 is 20.2 Å². The largest absolute Gasteiger partial charge is 0.650 e. The van der Waals surface area contributed by atoms with Crippen molar-refractivity contribution in [3.63, 3.8) is 0 Å². The number of aryl methyl sites for hydroxylation is 2. The van der Waals surface area contributed by atoms with Crippen molar-refractivity contribution in [1.29, 1.82) is 0 Å². The number of aromatic nitrogens is 1. The van der Waals surface area contributed by atoms with Crippen LogP contribution in [0, 0.1) is 0 Å². The minimum absolute atomic E-state index is 0.00694. The fraction of sp³-hybridized carbons (Fsp3) is 0.815. The monoisotopic (exact) mass is 560 g/mol. The summed E-state index contributed by atoms with van der Waals surface area (Å²) in [7, 11) is 9.59. The van der Waals surface area contributed by atoms with E-state index in [9.17, 15) is 0 Å². The fourth-order valence-corrected chi connectivity index (χ4v) is 7.18. The van der Waals surface area contributed by atoms with Crippen LogP contribution in [0.15, 0.2) is 6.07 Å². The van der Waals surface area contributed by atoms with Crippen LogP contribution in [-0.2, 0) is 26.0 Å². The summed E-state index contributed by atoms with van der Waals surface area (Å²) < 4.78 is 0. The molecule has 0 saturated heterocycles. The number of halogens is 2. The molecule has 6 atom stereocenters. The standard InChI is InChI=1S/C27H41N5.2ClH.Mn/c1-3-11-22-20(9-1)28-15-16-29-21-10-2-4-12-23(21)31-25-14-6-8-19-17-18-7-5-13-24(30-22)26(18)32-27(19)25;;;/h17,20-25,28-29H,1-16H2;2*1H;/q-2;;;+2/p-2/t20-,21-,22-,23-,24+,25+;;;/m1.../s1. The van der Waals surface area contributed by atoms with Crippen LogP contribution in [-0.4, -0.2) is 42.2 Å². The summed E-state index contributed by atoms with van der Waals surface area (Å²) in [4.78, 5) is 5.44. The second-order valence-corrected chi connectivity index (χ2v) is 13.0. The molecule has 2 N–H and O–H groups in total. The maximum atomic E-state index is 5.51. The molecule has 1 aliphatic heterocycles. The van der Waals surface area contributed by atoms with Gasteiger partial charge in [0.25, 0.3) is 0 Å². The van der Waals surface area contributed by atoms with E-state index in [-0.39, 0.29) is 13.1 Å². The van der Waals surface area contributed by atoms with Crippen molar-refractivity contribution >= 4 is 20.2 Å². The van der Waals surface area contributed by atoms with E-state index in [1.165, 1.54) is 112 Å². The summed E-state index contributed by atoms with van der Waals surface area (Å²) in [6.45, 7) is 2.10. The molecule has 6 rings (SSSR count). The molecule has 0 spiro atoms. The Kier molecular flexibility index (Phi) is 10.1. The number of rotatable bonds is 0. The van der Waals surface area contributed by atoms with Crippen LogP contribution in [0.4, 0.5) is 0 Å². The van der Waals surface area contributed by atoms with E-state index >= 15 is 0 Å². The minimum Gasteiger partial charge on any atom is -0.650 e. The maximum Gasteiger partial charge on any atom is 0.0264 e. The number of fused-ring (bicyclic) bond motifs is 2. The molecule has 197 valence electrons. The maximum absolute atomic E-state index is 5.51. The Morgan fingerprint density at radius 2 is 1.14 bits per heavy atom. The minimum atomic E-state index is 0.00694. The zero-order valence-corrected chi connectivity index (χ0v) is 23.5. The van der Waals surface area contributed by atoms with Crippen LogP contribution < -0.4 is 10.6 Å². The summed E-state index contributed by atoms with van der Waals surface area (Å²) in [6.07, 6.45) is 17.6. The van der Waals surface area contributed by atoms with E-state index in [1.807, 2.05) is 0 Å². The van der Waals surface area contributed by atoms with Crippen LogP contribution in [0.1, 0.15) is 112 Å². The van der Waals surface area contributed by atoms with Gasteiger partial charge in [-0.1, -0.05) is 82.4 Å². The number of hydrogen-bond donors (Lipinski definition) is 2. The van der Waals surface area contributed by atoms with Crippen molar-refractivity contribution < 1.29 is 13.1 Å². The SMILES string of the molecule is [Cl][Mn][Cl].c1c2c3nc4c1CCC[C@@H]4[N-][C@@H]1CCCC[C@H]1NCCN[C@@H]1CCCC[C@H]1[N-][C@H]3CCC2. The molecule has 0 radical (unpaired) electrons. The Balaban J connectivity index is 0.000000806. The fourth-order valence-electron chi connectivity index (χ4n) is 7.18. The topological polar surface area (TPSA) is 65.2 Å². The second-order valence-electron chi connectivity index (χ2n) is 11.1. The molecule has 0 unspecified atom stereocenters. The Labute approximate surface area is 226 Å². The van der Waals surface area contributed by atoms with E-state index in [0.29, 0.717) is 36.3 Å². The summed E-state index contributed by atoms with van der Waals surface area (Å²) >= 11 is 0.00694. The van der Waals surface area contributed by atoms with Crippen LogP contribution in [0.5, 0.6) is 0 Å². The Bertz CT molecular complexity index is 766. The molecule has 1 aromatic heterocycles. The molecule has 4 aliphatic carbocycles. The van der Waals surface area contributed by atoms with Crippen molar-refractivity contribution in [3.05, 3.63) is 39.2 Å². The van der Waals surface area contributed by atoms with Crippen molar-refractivity contribution in [2.45, 2.75) is 126 Å². The van der Waals surface area contributed by atoms with Crippen LogP contribution in [0.25, 0.3) is 10.6 Å². The second kappa shape index (κ2) is 13.2. The van der Waals surface area contributed by atoms with Gasteiger partial charge in [-0.2, -0.15) is 0 Å². The quantitative estimate of drug-likeness (QED) is 0.344. The van der Waals surface area contributed by atoms with Gasteiger partial charge >= 0.3 is 33.3 Å². The van der Waals surface area contributed by atoms with Gasteiger partial charge in [0, 0.05) is 24.5 Å². The van der Waals surface area contributed by atoms with E-state index in [4.69, 9.17) is 35.8 Å². The zero-order valence-electron chi connectivity index (χ0n) is 20.8. The van der Waals surface area contributed by atoms with E-state index in [0.717, 1.165) is 13.1 Å². The van der Waals surface area contributed by atoms with Crippen LogP contribution in [0.2, 0.25) is 0 Å². The van der Waals surface area contributed by atoms with Crippen molar-refractivity contribution in [2.24, 2.45) is 0 Å². The van der Waals surface area contributed by atoms with Gasteiger partial charge in [-0.05, 0) is 48.9 Å². The first-order valence-electron chi connectivity index (χ1n) is 14.0. The summed E-state index contributed by atoms with van der Waals surface area (Å²) in [5.74, 6) is 0. The van der Waals surface area contributed by atoms with Gasteiger partial charge in [0.1, 0.15) is 0 Å². The zero-order chi connectivity index (χ0) is 24.0. The smallest absolute Gasteiger partial charge is 0.0264 e. The Morgan fingerprint density at radius 1 is 0.686 bits per heavy atom. The number of nitrogens with one attached hydrogen (secondary N) is 2. The van der Waals surface area contributed by atoms with E-state index in [1.54, 1.807) is 0 Å². The molecule has 2 fully saturated rings. The third kappa shape index (κ3) is 6.57. The number of nitrogens with zero attached hydrogens (tertiary/aromatic N) is 3. The van der Waals surface area contributed by atoms with Crippen molar-refractivity contribution in [1.82, 2.24) is 15.6 Å². The molecule has 2 heterocycles. The third-order valence-corrected chi connectivity index (χ3v) is 8.87. The molecule has 2 bridgehead atoms. The summed E-state index contributed by atoms with van der Waals surface area (Å²) in [5.41, 5.74) is 5.61. The molecule has 8 heteroatoms. The van der Waals surface area contributed by atoms with Gasteiger partial charge in [0.15, 0.2) is 0 Å². The summed E-state index contributed by atoms with van der Waals surface area (Å²) in [6, 6.07) is 5.09. The normalized spacial score (nSPS) is 35.3. The van der Waals surface area contributed by atoms with Gasteiger partial charge in [0.2, 0.25) is 0 Å². The third-order valence-electron chi connectivity index (χ3n) is 8.87. The average Bonchev–Trinajstić information content (AvgIpc) is 2.88. The Hall–Kier alpha value is 0.0895. The molecular weight excluding hydrogens is 520 g/mol. The predicted octanol–water partition coefficient (Wildman–Crippen LogP) is 6.78. The van der Waals surface area contributed by atoms with Crippen molar-refractivity contribution in [3.8, 4) is 0 Å². The van der Waals surface area contributed by atoms with Gasteiger partial charge in [0.05, 0.1) is 0 Å². The molecule has 5 aliphatic rings. The molecular formula is C27H41Cl2MnN5-2.